The molecule has 2 heterocycles. The largest absolute Gasteiger partial charge is 0.459 e. The fourth-order valence-corrected chi connectivity index (χ4v) is 8.97. The number of ketones is 1. The minimum atomic E-state index is -2.10. The van der Waals surface area contributed by atoms with Crippen LogP contribution in [0.5, 0.6) is 0 Å². The van der Waals surface area contributed by atoms with Crippen LogP contribution in [-0.2, 0) is 54.0 Å². The summed E-state index contributed by atoms with van der Waals surface area (Å²) in [5, 5.41) is 34.4. The Labute approximate surface area is 370 Å². The molecule has 0 radical (unpaired) electrons. The van der Waals surface area contributed by atoms with Gasteiger partial charge in [-0.25, -0.2) is 5.43 Å². The molecule has 16 unspecified atom stereocenters. The van der Waals surface area contributed by atoms with Gasteiger partial charge in [-0.15, -0.1) is 0 Å². The molecule has 0 aliphatic carbocycles. The minimum absolute atomic E-state index is 0.0174. The van der Waals surface area contributed by atoms with E-state index in [1.165, 1.54) is 14.0 Å². The minimum Gasteiger partial charge on any atom is -0.459 e. The topological polar surface area (TPSA) is 204 Å². The summed E-state index contributed by atoms with van der Waals surface area (Å²) in [5.74, 6) is -4.13. The quantitative estimate of drug-likeness (QED) is 0.0743. The molecule has 2 saturated heterocycles. The van der Waals surface area contributed by atoms with E-state index in [4.69, 9.17) is 33.2 Å². The number of aliphatic hydroxyl groups excluding tert-OH is 2. The maximum Gasteiger partial charge on any atom is 0.311 e. The molecule has 1 aromatic carbocycles. The first-order valence-electron chi connectivity index (χ1n) is 22.3. The van der Waals surface area contributed by atoms with Crippen molar-refractivity contribution in [1.82, 2.24) is 15.8 Å². The average molecular weight is 882 g/mol. The molecule has 2 aliphatic heterocycles. The number of ether oxygens (including phenoxy) is 7. The summed E-state index contributed by atoms with van der Waals surface area (Å²) in [5.41, 5.74) is 2.11. The van der Waals surface area contributed by atoms with E-state index in [1.807, 2.05) is 77.0 Å². The number of hydrazine groups is 1. The number of hydrogen-bond acceptors (Lipinski definition) is 15. The Balaban J connectivity index is 1.94. The van der Waals surface area contributed by atoms with E-state index in [0.29, 0.717) is 19.3 Å². The van der Waals surface area contributed by atoms with E-state index in [1.54, 1.807) is 41.7 Å². The standard InChI is InChI=1S/C46H79N3O13/c1-15-22-44(8,56-13)41(62-43-37(51)33(49(11)12)23-28(4)58-43)29(5)38(61-36-25-45(9,57-14)40(53)31(7)59-36)30(6)42(54)60-34(16-2)46(10,55)39(52)27(3)26-47-48-35(50)24-32-20-18-17-19-21-32/h17-21,27-31,33-34,36-38,40-41,43,47,51,53,55H,15-16,22-26H2,1-14H3,(H,48,50). The molecule has 0 aromatic heterocycles. The fraction of sp³-hybridized carbons (Fsp3) is 0.804. The zero-order valence-electron chi connectivity index (χ0n) is 39.7. The number of benzene rings is 1. The van der Waals surface area contributed by atoms with Gasteiger partial charge in [0.1, 0.15) is 18.3 Å². The second kappa shape index (κ2) is 23.5. The number of Topliss-reactive ketones (excluding diaryl/α,β-unsaturated/α-hetero) is 1. The van der Waals surface area contributed by atoms with Crippen molar-refractivity contribution < 1.29 is 62.9 Å². The maximum atomic E-state index is 14.5. The van der Waals surface area contributed by atoms with Crippen LogP contribution in [0.3, 0.4) is 0 Å². The molecule has 16 atom stereocenters. The van der Waals surface area contributed by atoms with Crippen molar-refractivity contribution >= 4 is 17.7 Å². The van der Waals surface area contributed by atoms with Crippen LogP contribution >= 0.6 is 0 Å². The highest BCUT2D eigenvalue weighted by molar-refractivity contribution is 5.90. The lowest BCUT2D eigenvalue weighted by Crippen LogP contribution is -2.60. The van der Waals surface area contributed by atoms with Crippen LogP contribution in [-0.4, -0.2) is 151 Å². The van der Waals surface area contributed by atoms with E-state index in [0.717, 1.165) is 5.56 Å². The van der Waals surface area contributed by atoms with Crippen LogP contribution in [0.25, 0.3) is 0 Å². The lowest BCUT2D eigenvalue weighted by Gasteiger charge is -2.49. The van der Waals surface area contributed by atoms with Gasteiger partial charge in [0.05, 0.1) is 48.0 Å². The Kier molecular flexibility index (Phi) is 20.4. The third kappa shape index (κ3) is 13.5. The molecule has 2 fully saturated rings. The van der Waals surface area contributed by atoms with Gasteiger partial charge in [0.2, 0.25) is 5.91 Å². The average Bonchev–Trinajstić information content (AvgIpc) is 3.23. The molecule has 62 heavy (non-hydrogen) atoms. The summed E-state index contributed by atoms with van der Waals surface area (Å²) in [6.07, 6.45) is -5.81. The SMILES string of the molecule is CCCC(C)(OC)C(OC1OC(C)CC(N(C)C)C1O)C(C)C(OC1CC(C)(OC)C(O)C(C)O1)C(C)C(=O)OC(CC)C(C)(O)C(=O)C(C)CNNC(=O)Cc1ccccc1. The van der Waals surface area contributed by atoms with E-state index >= 15 is 0 Å². The summed E-state index contributed by atoms with van der Waals surface area (Å²) in [6, 6.07) is 8.97. The van der Waals surface area contributed by atoms with E-state index < -0.39 is 95.5 Å². The predicted molar refractivity (Wildman–Crippen MR) is 232 cm³/mol. The van der Waals surface area contributed by atoms with Gasteiger partial charge < -0.3 is 53.4 Å². The van der Waals surface area contributed by atoms with Gasteiger partial charge in [-0.3, -0.25) is 19.8 Å². The predicted octanol–water partition coefficient (Wildman–Crippen LogP) is 3.70. The molecule has 0 spiro atoms. The second-order valence-corrected chi connectivity index (χ2v) is 18.4. The molecule has 0 saturated carbocycles. The number of hydrogen-bond donors (Lipinski definition) is 5. The van der Waals surface area contributed by atoms with Gasteiger partial charge in [-0.1, -0.05) is 64.4 Å². The van der Waals surface area contributed by atoms with Crippen LogP contribution < -0.4 is 10.9 Å². The fourth-order valence-electron chi connectivity index (χ4n) is 8.97. The molecular weight excluding hydrogens is 803 g/mol. The van der Waals surface area contributed by atoms with Crippen molar-refractivity contribution in [2.24, 2.45) is 17.8 Å². The number of nitrogens with one attached hydrogen (secondary N) is 2. The number of esters is 1. The molecular formula is C46H79N3O13. The summed E-state index contributed by atoms with van der Waals surface area (Å²) >= 11 is 0. The van der Waals surface area contributed by atoms with Crippen molar-refractivity contribution in [3.63, 3.8) is 0 Å². The third-order valence-electron chi connectivity index (χ3n) is 13.1. The highest BCUT2D eigenvalue weighted by atomic mass is 16.7. The van der Waals surface area contributed by atoms with Crippen LogP contribution in [0.2, 0.25) is 0 Å². The van der Waals surface area contributed by atoms with Crippen molar-refractivity contribution in [3.05, 3.63) is 35.9 Å². The molecule has 3 rings (SSSR count). The molecule has 1 amide bonds. The summed E-state index contributed by atoms with van der Waals surface area (Å²) < 4.78 is 44.1. The Morgan fingerprint density at radius 1 is 1.02 bits per heavy atom. The molecule has 5 N–H and O–H groups in total. The number of amides is 1. The summed E-state index contributed by atoms with van der Waals surface area (Å²) in [6.45, 7) is 17.5. The van der Waals surface area contributed by atoms with Gasteiger partial charge in [-0.2, -0.15) is 0 Å². The van der Waals surface area contributed by atoms with Crippen molar-refractivity contribution in [3.8, 4) is 0 Å². The smallest absolute Gasteiger partial charge is 0.311 e. The Hall–Kier alpha value is -2.61. The van der Waals surface area contributed by atoms with Crippen molar-refractivity contribution in [1.29, 1.82) is 0 Å². The number of likely N-dealkylation sites (N-methyl/N-ethyl adjacent to an activating group) is 1. The van der Waals surface area contributed by atoms with E-state index in [-0.39, 0.29) is 43.9 Å². The molecule has 1 aromatic rings. The number of methoxy groups -OCH3 is 2. The maximum absolute atomic E-state index is 14.5. The van der Waals surface area contributed by atoms with Gasteiger partial charge in [0.15, 0.2) is 24.0 Å². The van der Waals surface area contributed by atoms with Gasteiger partial charge >= 0.3 is 5.97 Å². The first-order chi connectivity index (χ1) is 29.0. The summed E-state index contributed by atoms with van der Waals surface area (Å²) in [7, 11) is 6.89. The molecule has 16 nitrogen and oxygen atoms in total. The van der Waals surface area contributed by atoms with E-state index in [2.05, 4.69) is 10.9 Å². The number of carbonyl (C=O) groups is 3. The number of carbonyl (C=O) groups excluding carboxylic acids is 3. The highest BCUT2D eigenvalue weighted by Crippen LogP contribution is 2.40. The van der Waals surface area contributed by atoms with Gasteiger partial charge in [-0.05, 0) is 80.5 Å². The zero-order chi connectivity index (χ0) is 46.7. The third-order valence-corrected chi connectivity index (χ3v) is 13.1. The Morgan fingerprint density at radius 3 is 2.23 bits per heavy atom. The van der Waals surface area contributed by atoms with Crippen molar-refractivity contribution in [2.45, 2.75) is 186 Å². The summed E-state index contributed by atoms with van der Waals surface area (Å²) in [4.78, 5) is 42.7. The highest BCUT2D eigenvalue weighted by Gasteiger charge is 2.52. The van der Waals surface area contributed by atoms with Gasteiger partial charge in [0, 0.05) is 45.1 Å². The van der Waals surface area contributed by atoms with Gasteiger partial charge in [0.25, 0.3) is 0 Å². The lowest BCUT2D eigenvalue weighted by molar-refractivity contribution is -0.318. The molecule has 356 valence electrons. The zero-order valence-corrected chi connectivity index (χ0v) is 39.7. The van der Waals surface area contributed by atoms with E-state index in [9.17, 15) is 29.7 Å². The molecule has 16 heteroatoms. The van der Waals surface area contributed by atoms with Crippen LogP contribution in [0, 0.1) is 17.8 Å². The monoisotopic (exact) mass is 882 g/mol. The Morgan fingerprint density at radius 2 is 1.66 bits per heavy atom. The second-order valence-electron chi connectivity index (χ2n) is 18.4. The van der Waals surface area contributed by atoms with Crippen molar-refractivity contribution in [2.75, 3.05) is 34.9 Å². The number of rotatable bonds is 24. The first kappa shape index (κ1) is 53.7. The normalized spacial score (nSPS) is 30.5. The Bertz CT molecular complexity index is 1550. The van der Waals surface area contributed by atoms with Crippen LogP contribution in [0.1, 0.15) is 107 Å². The number of nitrogens with zero attached hydrogens (tertiary/aromatic N) is 1. The molecule has 2 aliphatic rings. The number of aliphatic hydroxyl groups is 3. The lowest BCUT2D eigenvalue weighted by atomic mass is 9.79. The van der Waals surface area contributed by atoms with Crippen LogP contribution in [0.4, 0.5) is 0 Å². The molecule has 0 bridgehead atoms. The first-order valence-corrected chi connectivity index (χ1v) is 22.3. The van der Waals surface area contributed by atoms with Crippen LogP contribution in [0.15, 0.2) is 30.3 Å².